The number of likely N-dealkylation sites (tertiary alicyclic amines) is 1. The second-order valence-electron chi connectivity index (χ2n) is 6.92. The van der Waals surface area contributed by atoms with Gasteiger partial charge in [0, 0.05) is 30.4 Å². The molecule has 6 heteroatoms. The molecule has 2 aliphatic rings. The Labute approximate surface area is 145 Å². The number of nitrogens with one attached hydrogen (secondary N) is 2. The number of carbonyl (C=O) groups is 3. The van der Waals surface area contributed by atoms with Crippen LogP contribution in [0.15, 0.2) is 24.3 Å². The number of para-hydroxylation sites is 1. The second-order valence-corrected chi connectivity index (χ2v) is 6.92. The number of aromatic amines is 1. The van der Waals surface area contributed by atoms with E-state index in [-0.39, 0.29) is 23.6 Å². The van der Waals surface area contributed by atoms with Crippen molar-refractivity contribution in [3.05, 3.63) is 35.5 Å². The molecule has 1 saturated heterocycles. The van der Waals surface area contributed by atoms with Crippen molar-refractivity contribution in [2.45, 2.75) is 44.7 Å². The van der Waals surface area contributed by atoms with E-state index in [9.17, 15) is 14.4 Å². The summed E-state index contributed by atoms with van der Waals surface area (Å²) >= 11 is 0. The maximum absolute atomic E-state index is 13.2. The summed E-state index contributed by atoms with van der Waals surface area (Å²) < 4.78 is 0. The van der Waals surface area contributed by atoms with E-state index in [0.29, 0.717) is 24.2 Å². The van der Waals surface area contributed by atoms with Gasteiger partial charge in [-0.15, -0.1) is 0 Å². The lowest BCUT2D eigenvalue weighted by Crippen LogP contribution is -2.46. The second kappa shape index (κ2) is 6.02. The molecule has 2 N–H and O–H groups in total. The standard InChI is InChI=1S/C19H21N3O3/c1-11(23)17-16(13-5-2-3-6-14(13)21-17)19(25)22-10-4-7-15(22)18(24)20-12-8-9-12/h2-3,5-6,12,15,21H,4,7-10H2,1H3,(H,20,24). The Balaban J connectivity index is 1.70. The van der Waals surface area contributed by atoms with Gasteiger partial charge >= 0.3 is 0 Å². The number of aromatic nitrogens is 1. The maximum atomic E-state index is 13.2. The van der Waals surface area contributed by atoms with Crippen LogP contribution >= 0.6 is 0 Å². The van der Waals surface area contributed by atoms with E-state index >= 15 is 0 Å². The van der Waals surface area contributed by atoms with Gasteiger partial charge in [0.05, 0.1) is 11.3 Å². The quantitative estimate of drug-likeness (QED) is 0.838. The van der Waals surface area contributed by atoms with Crippen LogP contribution in [-0.2, 0) is 4.79 Å². The van der Waals surface area contributed by atoms with Crippen molar-refractivity contribution < 1.29 is 14.4 Å². The van der Waals surface area contributed by atoms with Crippen molar-refractivity contribution >= 4 is 28.5 Å². The summed E-state index contributed by atoms with van der Waals surface area (Å²) in [5.41, 5.74) is 1.46. The number of hydrogen-bond donors (Lipinski definition) is 2. The minimum Gasteiger partial charge on any atom is -0.352 e. The fraction of sp³-hybridized carbons (Fsp3) is 0.421. The maximum Gasteiger partial charge on any atom is 0.257 e. The fourth-order valence-corrected chi connectivity index (χ4v) is 3.58. The zero-order valence-corrected chi connectivity index (χ0v) is 14.2. The molecule has 2 aromatic rings. The zero-order chi connectivity index (χ0) is 17.6. The van der Waals surface area contributed by atoms with Gasteiger partial charge < -0.3 is 15.2 Å². The van der Waals surface area contributed by atoms with Crippen molar-refractivity contribution in [2.75, 3.05) is 6.54 Å². The van der Waals surface area contributed by atoms with Crippen LogP contribution in [0.5, 0.6) is 0 Å². The first-order valence-electron chi connectivity index (χ1n) is 8.79. The number of Topliss-reactive ketones (excluding diaryl/α,β-unsaturated/α-hetero) is 1. The van der Waals surface area contributed by atoms with E-state index in [4.69, 9.17) is 0 Å². The average molecular weight is 339 g/mol. The van der Waals surface area contributed by atoms with Gasteiger partial charge in [-0.3, -0.25) is 14.4 Å². The van der Waals surface area contributed by atoms with Crippen LogP contribution in [0.1, 0.15) is 53.5 Å². The molecule has 1 aliphatic carbocycles. The Morgan fingerprint density at radius 2 is 1.92 bits per heavy atom. The van der Waals surface area contributed by atoms with Gasteiger partial charge in [0.25, 0.3) is 5.91 Å². The average Bonchev–Trinajstić information content (AvgIpc) is 3.14. The van der Waals surface area contributed by atoms with Gasteiger partial charge in [-0.25, -0.2) is 0 Å². The molecule has 1 aromatic heterocycles. The number of benzene rings is 1. The minimum absolute atomic E-state index is 0.0717. The summed E-state index contributed by atoms with van der Waals surface area (Å²) in [4.78, 5) is 42.4. The van der Waals surface area contributed by atoms with Crippen LogP contribution < -0.4 is 5.32 Å². The summed E-state index contributed by atoms with van der Waals surface area (Å²) in [6.07, 6.45) is 3.50. The number of rotatable bonds is 4. The van der Waals surface area contributed by atoms with Gasteiger partial charge in [0.1, 0.15) is 6.04 Å². The lowest BCUT2D eigenvalue weighted by atomic mass is 10.1. The summed E-state index contributed by atoms with van der Waals surface area (Å²) in [6, 6.07) is 7.21. The van der Waals surface area contributed by atoms with E-state index in [1.54, 1.807) is 4.90 Å². The zero-order valence-electron chi connectivity index (χ0n) is 14.2. The summed E-state index contributed by atoms with van der Waals surface area (Å²) in [5, 5.41) is 3.72. The Morgan fingerprint density at radius 1 is 1.16 bits per heavy atom. The van der Waals surface area contributed by atoms with Gasteiger partial charge in [0.15, 0.2) is 5.78 Å². The third-order valence-electron chi connectivity index (χ3n) is 5.01. The van der Waals surface area contributed by atoms with Crippen LogP contribution in [0, 0.1) is 0 Å². The molecule has 0 bridgehead atoms. The molecule has 2 amide bonds. The summed E-state index contributed by atoms with van der Waals surface area (Å²) in [7, 11) is 0. The van der Waals surface area contributed by atoms with Crippen LogP contribution in [0.2, 0.25) is 0 Å². The van der Waals surface area contributed by atoms with Gasteiger partial charge in [0.2, 0.25) is 5.91 Å². The summed E-state index contributed by atoms with van der Waals surface area (Å²) in [6.45, 7) is 1.99. The van der Waals surface area contributed by atoms with Crippen LogP contribution in [-0.4, -0.2) is 46.1 Å². The van der Waals surface area contributed by atoms with E-state index in [0.717, 1.165) is 30.2 Å². The molecule has 1 saturated carbocycles. The normalized spacial score (nSPS) is 20.0. The van der Waals surface area contributed by atoms with Crippen LogP contribution in [0.25, 0.3) is 10.9 Å². The molecule has 2 fully saturated rings. The van der Waals surface area contributed by atoms with E-state index in [2.05, 4.69) is 10.3 Å². The van der Waals surface area contributed by atoms with Gasteiger partial charge in [-0.05, 0) is 31.7 Å². The van der Waals surface area contributed by atoms with Crippen molar-refractivity contribution in [3.63, 3.8) is 0 Å². The number of ketones is 1. The smallest absolute Gasteiger partial charge is 0.257 e. The van der Waals surface area contributed by atoms with E-state index in [1.165, 1.54) is 6.92 Å². The number of nitrogens with zero attached hydrogens (tertiary/aromatic N) is 1. The van der Waals surface area contributed by atoms with Crippen molar-refractivity contribution in [1.29, 1.82) is 0 Å². The fourth-order valence-electron chi connectivity index (χ4n) is 3.58. The Bertz CT molecular complexity index is 866. The molecule has 1 unspecified atom stereocenters. The first-order valence-corrected chi connectivity index (χ1v) is 8.79. The molecule has 4 rings (SSSR count). The molecular weight excluding hydrogens is 318 g/mol. The molecule has 6 nitrogen and oxygen atoms in total. The molecule has 2 heterocycles. The summed E-state index contributed by atoms with van der Waals surface area (Å²) in [5.74, 6) is -0.494. The highest BCUT2D eigenvalue weighted by Crippen LogP contribution is 2.28. The minimum atomic E-state index is -0.443. The predicted octanol–water partition coefficient (Wildman–Crippen LogP) is 2.25. The molecule has 1 aliphatic heterocycles. The third kappa shape index (κ3) is 2.81. The number of amides is 2. The first kappa shape index (κ1) is 15.9. The molecule has 1 atom stereocenters. The monoisotopic (exact) mass is 339 g/mol. The molecule has 1 aromatic carbocycles. The Kier molecular flexibility index (Phi) is 3.82. The van der Waals surface area contributed by atoms with Crippen molar-refractivity contribution in [2.24, 2.45) is 0 Å². The lowest BCUT2D eigenvalue weighted by Gasteiger charge is -2.24. The van der Waals surface area contributed by atoms with Gasteiger partial charge in [-0.1, -0.05) is 18.2 Å². The highest BCUT2D eigenvalue weighted by atomic mass is 16.2. The van der Waals surface area contributed by atoms with Gasteiger partial charge in [-0.2, -0.15) is 0 Å². The van der Waals surface area contributed by atoms with Crippen LogP contribution in [0.4, 0.5) is 0 Å². The number of carbonyl (C=O) groups excluding carboxylic acids is 3. The Morgan fingerprint density at radius 3 is 2.64 bits per heavy atom. The van der Waals surface area contributed by atoms with E-state index < -0.39 is 6.04 Å². The SMILES string of the molecule is CC(=O)c1[nH]c2ccccc2c1C(=O)N1CCCC1C(=O)NC1CC1. The number of fused-ring (bicyclic) bond motifs is 1. The highest BCUT2D eigenvalue weighted by molar-refractivity contribution is 6.16. The number of hydrogen-bond acceptors (Lipinski definition) is 3. The van der Waals surface area contributed by atoms with Crippen molar-refractivity contribution in [3.8, 4) is 0 Å². The number of H-pyrrole nitrogens is 1. The molecule has 25 heavy (non-hydrogen) atoms. The Hall–Kier alpha value is -2.63. The highest BCUT2D eigenvalue weighted by Gasteiger charge is 2.38. The molecule has 130 valence electrons. The lowest BCUT2D eigenvalue weighted by molar-refractivity contribution is -0.125. The predicted molar refractivity (Wildman–Crippen MR) is 93.5 cm³/mol. The topological polar surface area (TPSA) is 82.3 Å². The first-order chi connectivity index (χ1) is 12.1. The van der Waals surface area contributed by atoms with E-state index in [1.807, 2.05) is 24.3 Å². The third-order valence-corrected chi connectivity index (χ3v) is 5.01. The molecule has 0 radical (unpaired) electrons. The molecular formula is C19H21N3O3. The molecule has 0 spiro atoms. The largest absolute Gasteiger partial charge is 0.352 e. The van der Waals surface area contributed by atoms with Crippen molar-refractivity contribution in [1.82, 2.24) is 15.2 Å². The van der Waals surface area contributed by atoms with Crippen LogP contribution in [0.3, 0.4) is 0 Å².